The number of ether oxygens (including phenoxy) is 1. The van der Waals surface area contributed by atoms with Crippen LogP contribution in [0.1, 0.15) is 11.1 Å². The minimum atomic E-state index is -1.35. The van der Waals surface area contributed by atoms with Gasteiger partial charge in [0.05, 0.1) is 13.7 Å². The molecule has 0 saturated heterocycles. The number of rotatable bonds is 5. The summed E-state index contributed by atoms with van der Waals surface area (Å²) in [4.78, 5) is 22.4. The molecule has 0 aliphatic heterocycles. The zero-order valence-electron chi connectivity index (χ0n) is 10.9. The lowest BCUT2D eigenvalue weighted by atomic mass is 10.1. The quantitative estimate of drug-likeness (QED) is 0.604. The summed E-state index contributed by atoms with van der Waals surface area (Å²) in [6.45, 7) is 1.79. The maximum atomic E-state index is 11.5. The monoisotopic (exact) mass is 263 g/mol. The molecule has 1 rings (SSSR count). The molecular formula is C14H17NO4. The highest BCUT2D eigenvalue weighted by molar-refractivity contribution is 5.92. The number of carbonyl (C=O) groups excluding carboxylic acids is 2. The largest absolute Gasteiger partial charge is 0.467 e. The van der Waals surface area contributed by atoms with Crippen molar-refractivity contribution in [3.8, 4) is 0 Å². The lowest BCUT2D eigenvalue weighted by Gasteiger charge is -2.07. The van der Waals surface area contributed by atoms with Crippen LogP contribution < -0.4 is 5.32 Å². The van der Waals surface area contributed by atoms with Gasteiger partial charge in [0.2, 0.25) is 5.91 Å². The highest BCUT2D eigenvalue weighted by Crippen LogP contribution is 2.05. The molecule has 0 fully saturated rings. The number of nitrogens with one attached hydrogen (secondary N) is 1. The summed E-state index contributed by atoms with van der Waals surface area (Å²) < 4.78 is 4.33. The number of esters is 1. The van der Waals surface area contributed by atoms with Crippen molar-refractivity contribution < 1.29 is 19.4 Å². The third-order valence-electron chi connectivity index (χ3n) is 2.41. The van der Waals surface area contributed by atoms with Crippen molar-refractivity contribution in [2.75, 3.05) is 13.7 Å². The third-order valence-corrected chi connectivity index (χ3v) is 2.41. The summed E-state index contributed by atoms with van der Waals surface area (Å²) in [5.74, 6) is -1.16. The molecule has 0 spiro atoms. The van der Waals surface area contributed by atoms with Crippen LogP contribution in [0.3, 0.4) is 0 Å². The summed E-state index contributed by atoms with van der Waals surface area (Å²) in [5.41, 5.74) is 2.01. The number of methoxy groups -OCH3 is 1. The number of benzene rings is 1. The second kappa shape index (κ2) is 7.33. The number of amides is 1. The predicted octanol–water partition coefficient (Wildman–Crippen LogP) is 0.658. The number of carbonyl (C=O) groups is 2. The van der Waals surface area contributed by atoms with Gasteiger partial charge >= 0.3 is 5.97 Å². The SMILES string of the molecule is COC(=O)C(O)CNC(=O)/C=C/c1cccc(C)c1. The molecule has 0 heterocycles. The summed E-state index contributed by atoms with van der Waals surface area (Å²) in [6, 6.07) is 7.67. The first-order valence-electron chi connectivity index (χ1n) is 5.81. The highest BCUT2D eigenvalue weighted by atomic mass is 16.5. The second-order valence-corrected chi connectivity index (χ2v) is 4.03. The van der Waals surface area contributed by atoms with E-state index in [4.69, 9.17) is 0 Å². The van der Waals surface area contributed by atoms with Crippen LogP contribution in [0, 0.1) is 6.92 Å². The standard InChI is InChI=1S/C14H17NO4/c1-10-4-3-5-11(8-10)6-7-13(17)15-9-12(16)14(18)19-2/h3-8,12,16H,9H2,1-2H3,(H,15,17)/b7-6+. The summed E-state index contributed by atoms with van der Waals surface area (Å²) in [7, 11) is 1.17. The highest BCUT2D eigenvalue weighted by Gasteiger charge is 2.15. The van der Waals surface area contributed by atoms with E-state index in [0.29, 0.717) is 0 Å². The molecule has 5 nitrogen and oxygen atoms in total. The van der Waals surface area contributed by atoms with Gasteiger partial charge in [-0.05, 0) is 18.6 Å². The molecule has 19 heavy (non-hydrogen) atoms. The van der Waals surface area contributed by atoms with Crippen molar-refractivity contribution in [1.29, 1.82) is 0 Å². The molecule has 0 aliphatic rings. The van der Waals surface area contributed by atoms with Crippen LogP contribution in [-0.2, 0) is 14.3 Å². The van der Waals surface area contributed by atoms with Crippen LogP contribution in [0.2, 0.25) is 0 Å². The van der Waals surface area contributed by atoms with E-state index in [1.165, 1.54) is 13.2 Å². The predicted molar refractivity (Wildman–Crippen MR) is 71.2 cm³/mol. The molecule has 0 bridgehead atoms. The summed E-state index contributed by atoms with van der Waals surface area (Å²) in [5, 5.41) is 11.7. The maximum absolute atomic E-state index is 11.5. The Morgan fingerprint density at radius 2 is 2.21 bits per heavy atom. The van der Waals surface area contributed by atoms with Gasteiger partial charge in [0.25, 0.3) is 0 Å². The minimum Gasteiger partial charge on any atom is -0.467 e. The Hall–Kier alpha value is -2.14. The molecule has 5 heteroatoms. The second-order valence-electron chi connectivity index (χ2n) is 4.03. The van der Waals surface area contributed by atoms with E-state index >= 15 is 0 Å². The topological polar surface area (TPSA) is 75.6 Å². The van der Waals surface area contributed by atoms with Crippen molar-refractivity contribution in [1.82, 2.24) is 5.32 Å². The van der Waals surface area contributed by atoms with Gasteiger partial charge in [-0.2, -0.15) is 0 Å². The van der Waals surface area contributed by atoms with E-state index < -0.39 is 12.1 Å². The van der Waals surface area contributed by atoms with Crippen molar-refractivity contribution in [2.24, 2.45) is 0 Å². The fraction of sp³-hybridized carbons (Fsp3) is 0.286. The van der Waals surface area contributed by atoms with Crippen LogP contribution in [0.15, 0.2) is 30.3 Å². The Bertz CT molecular complexity index is 482. The van der Waals surface area contributed by atoms with E-state index in [0.717, 1.165) is 11.1 Å². The molecule has 1 aromatic carbocycles. The van der Waals surface area contributed by atoms with E-state index in [1.54, 1.807) is 6.08 Å². The lowest BCUT2D eigenvalue weighted by Crippen LogP contribution is -2.36. The van der Waals surface area contributed by atoms with Gasteiger partial charge in [-0.3, -0.25) is 4.79 Å². The molecule has 0 radical (unpaired) electrons. The van der Waals surface area contributed by atoms with Crippen molar-refractivity contribution in [2.45, 2.75) is 13.0 Å². The normalized spacial score (nSPS) is 12.2. The number of hydrogen-bond acceptors (Lipinski definition) is 4. The molecule has 0 aliphatic carbocycles. The number of aliphatic hydroxyl groups excluding tert-OH is 1. The Morgan fingerprint density at radius 3 is 2.84 bits per heavy atom. The minimum absolute atomic E-state index is 0.177. The molecule has 102 valence electrons. The zero-order chi connectivity index (χ0) is 14.3. The molecule has 1 aromatic rings. The van der Waals surface area contributed by atoms with E-state index in [-0.39, 0.29) is 12.5 Å². The number of aliphatic hydroxyl groups is 1. The fourth-order valence-corrected chi connectivity index (χ4v) is 1.42. The Morgan fingerprint density at radius 1 is 1.47 bits per heavy atom. The van der Waals surface area contributed by atoms with Crippen LogP contribution >= 0.6 is 0 Å². The molecule has 0 saturated carbocycles. The van der Waals surface area contributed by atoms with E-state index in [2.05, 4.69) is 10.1 Å². The smallest absolute Gasteiger partial charge is 0.336 e. The molecule has 1 unspecified atom stereocenters. The molecule has 1 atom stereocenters. The molecule has 0 aromatic heterocycles. The first-order valence-corrected chi connectivity index (χ1v) is 5.81. The Balaban J connectivity index is 2.45. The van der Waals surface area contributed by atoms with Gasteiger partial charge in [0.1, 0.15) is 0 Å². The molecule has 2 N–H and O–H groups in total. The first-order chi connectivity index (χ1) is 9.02. The third kappa shape index (κ3) is 5.35. The van der Waals surface area contributed by atoms with Crippen LogP contribution in [0.25, 0.3) is 6.08 Å². The van der Waals surface area contributed by atoms with Gasteiger partial charge < -0.3 is 15.2 Å². The van der Waals surface area contributed by atoms with Gasteiger partial charge in [-0.15, -0.1) is 0 Å². The van der Waals surface area contributed by atoms with Gasteiger partial charge in [-0.1, -0.05) is 29.8 Å². The average molecular weight is 263 g/mol. The van der Waals surface area contributed by atoms with Gasteiger partial charge in [0, 0.05) is 6.08 Å². The van der Waals surface area contributed by atoms with Crippen LogP contribution in [-0.4, -0.2) is 36.7 Å². The van der Waals surface area contributed by atoms with E-state index in [9.17, 15) is 14.7 Å². The van der Waals surface area contributed by atoms with Gasteiger partial charge in [0.15, 0.2) is 6.10 Å². The maximum Gasteiger partial charge on any atom is 0.336 e. The first kappa shape index (κ1) is 14.9. The van der Waals surface area contributed by atoms with Crippen molar-refractivity contribution >= 4 is 18.0 Å². The lowest BCUT2D eigenvalue weighted by molar-refractivity contribution is -0.150. The fourth-order valence-electron chi connectivity index (χ4n) is 1.42. The number of hydrogen-bond donors (Lipinski definition) is 2. The van der Waals surface area contributed by atoms with E-state index in [1.807, 2.05) is 31.2 Å². The average Bonchev–Trinajstić information content (AvgIpc) is 2.41. The Kier molecular flexibility index (Phi) is 5.75. The van der Waals surface area contributed by atoms with Gasteiger partial charge in [-0.25, -0.2) is 4.79 Å². The molecular weight excluding hydrogens is 246 g/mol. The number of aryl methyl sites for hydroxylation is 1. The van der Waals surface area contributed by atoms with Crippen molar-refractivity contribution in [3.63, 3.8) is 0 Å². The molecule has 1 amide bonds. The Labute approximate surface area is 111 Å². The van der Waals surface area contributed by atoms with Crippen LogP contribution in [0.5, 0.6) is 0 Å². The summed E-state index contributed by atoms with van der Waals surface area (Å²) in [6.07, 6.45) is 1.66. The summed E-state index contributed by atoms with van der Waals surface area (Å²) >= 11 is 0. The van der Waals surface area contributed by atoms with Crippen molar-refractivity contribution in [3.05, 3.63) is 41.5 Å². The zero-order valence-corrected chi connectivity index (χ0v) is 10.9. The van der Waals surface area contributed by atoms with Crippen LogP contribution in [0.4, 0.5) is 0 Å².